The molecule has 8 unspecified atom stereocenters. The number of carbonyl (C=O) groups is 1. The van der Waals surface area contributed by atoms with Gasteiger partial charge in [-0.2, -0.15) is 0 Å². The standard InChI is InChI=1S/C20H30O6/c1-11-4-7-19(3)14(9-13(21)16(23)20(19)10-25-20)18(11,2)6-5-12-8-15(22)26-17(12)24/h8,11,13-16,21-23H,4-7,9-10H2,1-3H3. The summed E-state index contributed by atoms with van der Waals surface area (Å²) >= 11 is 0. The van der Waals surface area contributed by atoms with Gasteiger partial charge in [-0.1, -0.05) is 20.8 Å². The van der Waals surface area contributed by atoms with Crippen molar-refractivity contribution in [1.29, 1.82) is 0 Å². The second-order valence-corrected chi connectivity index (χ2v) is 9.33. The molecule has 0 bridgehead atoms. The first-order chi connectivity index (χ1) is 12.1. The van der Waals surface area contributed by atoms with Gasteiger partial charge < -0.3 is 24.8 Å². The third-order valence-corrected chi connectivity index (χ3v) is 8.30. The second kappa shape index (κ2) is 5.77. The smallest absolute Gasteiger partial charge is 0.336 e. The molecule has 6 heteroatoms. The quantitative estimate of drug-likeness (QED) is 0.517. The molecule has 8 atom stereocenters. The lowest BCUT2D eigenvalue weighted by Gasteiger charge is -2.61. The van der Waals surface area contributed by atoms with Crippen molar-refractivity contribution in [1.82, 2.24) is 0 Å². The first kappa shape index (κ1) is 18.4. The molecule has 1 spiro atoms. The molecule has 4 rings (SSSR count). The predicted octanol–water partition coefficient (Wildman–Crippen LogP) is 1.52. The molecule has 2 heterocycles. The molecule has 0 radical (unpaired) electrons. The van der Waals surface area contributed by atoms with Crippen LogP contribution in [0.4, 0.5) is 0 Å². The summed E-state index contributed by atoms with van der Waals surface area (Å²) in [4.78, 5) is 11.9. The van der Waals surface area contributed by atoms with E-state index in [2.05, 4.69) is 20.8 Å². The third-order valence-electron chi connectivity index (χ3n) is 8.30. The summed E-state index contributed by atoms with van der Waals surface area (Å²) in [6.45, 7) is 7.20. The minimum Gasteiger partial charge on any atom is -0.429 e. The fourth-order valence-electron chi connectivity index (χ4n) is 6.19. The van der Waals surface area contributed by atoms with E-state index in [0.717, 1.165) is 19.3 Å². The van der Waals surface area contributed by atoms with E-state index in [9.17, 15) is 20.1 Å². The van der Waals surface area contributed by atoms with Gasteiger partial charge in [-0.15, -0.1) is 0 Å². The van der Waals surface area contributed by atoms with E-state index in [1.54, 1.807) is 0 Å². The molecule has 0 aromatic carbocycles. The number of hydrogen-bond acceptors (Lipinski definition) is 6. The third kappa shape index (κ3) is 2.35. The number of aliphatic hydroxyl groups excluding tert-OH is 3. The molecule has 146 valence electrons. The Kier molecular flexibility index (Phi) is 4.09. The Morgan fingerprint density at radius 3 is 2.54 bits per heavy atom. The summed E-state index contributed by atoms with van der Waals surface area (Å²) in [5.74, 6) is 0.192. The number of carbonyl (C=O) groups excluding carboxylic acids is 1. The normalized spacial score (nSPS) is 53.2. The van der Waals surface area contributed by atoms with Crippen LogP contribution in [-0.4, -0.2) is 52.0 Å². The Morgan fingerprint density at radius 2 is 1.96 bits per heavy atom. The van der Waals surface area contributed by atoms with Gasteiger partial charge in [0.2, 0.25) is 6.29 Å². The number of hydrogen-bond donors (Lipinski definition) is 3. The second-order valence-electron chi connectivity index (χ2n) is 9.33. The van der Waals surface area contributed by atoms with Gasteiger partial charge in [0.15, 0.2) is 0 Å². The molecule has 2 aliphatic heterocycles. The molecular weight excluding hydrogens is 336 g/mol. The first-order valence-corrected chi connectivity index (χ1v) is 9.74. The van der Waals surface area contributed by atoms with Gasteiger partial charge in [0.1, 0.15) is 11.7 Å². The van der Waals surface area contributed by atoms with Gasteiger partial charge in [-0.05, 0) is 55.4 Å². The molecule has 1 saturated heterocycles. The molecule has 0 aromatic heterocycles. The largest absolute Gasteiger partial charge is 0.429 e. The van der Waals surface area contributed by atoms with Crippen molar-refractivity contribution in [3.8, 4) is 0 Å². The Balaban J connectivity index is 1.62. The highest BCUT2D eigenvalue weighted by Gasteiger charge is 2.73. The van der Waals surface area contributed by atoms with Crippen LogP contribution in [0.25, 0.3) is 0 Å². The summed E-state index contributed by atoms with van der Waals surface area (Å²) in [6, 6.07) is 0. The van der Waals surface area contributed by atoms with E-state index in [1.165, 1.54) is 6.08 Å². The van der Waals surface area contributed by atoms with E-state index in [1.807, 2.05) is 0 Å². The SMILES string of the molecule is CC1CCC2(C)C(CC(O)C(O)C23CO3)C1(C)CCC1=CC(O)OC1=O. The van der Waals surface area contributed by atoms with Crippen molar-refractivity contribution in [2.75, 3.05) is 6.61 Å². The van der Waals surface area contributed by atoms with Gasteiger partial charge in [-0.3, -0.25) is 0 Å². The van der Waals surface area contributed by atoms with Crippen molar-refractivity contribution >= 4 is 5.97 Å². The molecule has 0 amide bonds. The highest BCUT2D eigenvalue weighted by atomic mass is 16.6. The molecule has 2 aliphatic carbocycles. The van der Waals surface area contributed by atoms with E-state index < -0.39 is 30.1 Å². The van der Waals surface area contributed by atoms with Gasteiger partial charge >= 0.3 is 5.97 Å². The number of ether oxygens (including phenoxy) is 2. The Hall–Kier alpha value is -0.950. The average molecular weight is 366 g/mol. The van der Waals surface area contributed by atoms with Crippen LogP contribution in [0.5, 0.6) is 0 Å². The number of epoxide rings is 1. The zero-order chi connectivity index (χ0) is 18.9. The number of esters is 1. The fourth-order valence-corrected chi connectivity index (χ4v) is 6.19. The molecule has 2 saturated carbocycles. The minimum atomic E-state index is -1.13. The molecule has 3 fully saturated rings. The minimum absolute atomic E-state index is 0.0955. The monoisotopic (exact) mass is 366 g/mol. The lowest BCUT2D eigenvalue weighted by atomic mass is 9.43. The zero-order valence-electron chi connectivity index (χ0n) is 15.8. The Bertz CT molecular complexity index is 640. The highest BCUT2D eigenvalue weighted by molar-refractivity contribution is 5.90. The van der Waals surface area contributed by atoms with Crippen LogP contribution in [0.15, 0.2) is 11.6 Å². The lowest BCUT2D eigenvalue weighted by Crippen LogP contribution is -2.65. The van der Waals surface area contributed by atoms with Crippen molar-refractivity contribution in [2.24, 2.45) is 22.7 Å². The van der Waals surface area contributed by atoms with Crippen LogP contribution in [-0.2, 0) is 14.3 Å². The molecular formula is C20H30O6. The predicted molar refractivity (Wildman–Crippen MR) is 92.8 cm³/mol. The van der Waals surface area contributed by atoms with Crippen molar-refractivity contribution in [2.45, 2.75) is 77.0 Å². The number of aliphatic hydroxyl groups is 3. The van der Waals surface area contributed by atoms with E-state index in [4.69, 9.17) is 9.47 Å². The van der Waals surface area contributed by atoms with Crippen LogP contribution in [0.2, 0.25) is 0 Å². The number of cyclic esters (lactones) is 1. The maximum Gasteiger partial charge on any atom is 0.336 e. The summed E-state index contributed by atoms with van der Waals surface area (Å²) in [5.41, 5.74) is -0.371. The van der Waals surface area contributed by atoms with Gasteiger partial charge in [0, 0.05) is 11.0 Å². The maximum absolute atomic E-state index is 11.9. The molecule has 3 N–H and O–H groups in total. The maximum atomic E-state index is 11.9. The van der Waals surface area contributed by atoms with Crippen LogP contribution >= 0.6 is 0 Å². The topological polar surface area (TPSA) is 99.5 Å². The number of rotatable bonds is 3. The average Bonchev–Trinajstić information content (AvgIpc) is 3.33. The van der Waals surface area contributed by atoms with E-state index >= 15 is 0 Å². The van der Waals surface area contributed by atoms with Crippen molar-refractivity contribution in [3.63, 3.8) is 0 Å². The lowest BCUT2D eigenvalue weighted by molar-refractivity contribution is -0.197. The van der Waals surface area contributed by atoms with Crippen LogP contribution < -0.4 is 0 Å². The molecule has 6 nitrogen and oxygen atoms in total. The van der Waals surface area contributed by atoms with Gasteiger partial charge in [-0.25, -0.2) is 4.79 Å². The van der Waals surface area contributed by atoms with Crippen molar-refractivity contribution < 1.29 is 29.6 Å². The van der Waals surface area contributed by atoms with E-state index in [-0.39, 0.29) is 16.7 Å². The molecule has 0 aromatic rings. The zero-order valence-corrected chi connectivity index (χ0v) is 15.8. The summed E-state index contributed by atoms with van der Waals surface area (Å²) in [5, 5.41) is 30.6. The van der Waals surface area contributed by atoms with Gasteiger partial charge in [0.05, 0.1) is 12.7 Å². The molecule has 4 aliphatic rings. The first-order valence-electron chi connectivity index (χ1n) is 9.74. The number of fused-ring (bicyclic) bond motifs is 2. The molecule has 26 heavy (non-hydrogen) atoms. The summed E-state index contributed by atoms with van der Waals surface area (Å²) < 4.78 is 10.6. The Labute approximate surface area is 154 Å². The summed E-state index contributed by atoms with van der Waals surface area (Å²) in [7, 11) is 0. The van der Waals surface area contributed by atoms with Crippen LogP contribution in [0, 0.1) is 22.7 Å². The van der Waals surface area contributed by atoms with Gasteiger partial charge in [0.25, 0.3) is 0 Å². The Morgan fingerprint density at radius 1 is 1.27 bits per heavy atom. The van der Waals surface area contributed by atoms with Crippen molar-refractivity contribution in [3.05, 3.63) is 11.6 Å². The summed E-state index contributed by atoms with van der Waals surface area (Å²) in [6.07, 6.45) is 2.64. The fraction of sp³-hybridized carbons (Fsp3) is 0.850. The highest BCUT2D eigenvalue weighted by Crippen LogP contribution is 2.68. The van der Waals surface area contributed by atoms with E-state index in [0.29, 0.717) is 30.9 Å². The van der Waals surface area contributed by atoms with Crippen LogP contribution in [0.3, 0.4) is 0 Å². The van der Waals surface area contributed by atoms with Crippen LogP contribution in [0.1, 0.15) is 52.9 Å².